The molecule has 0 radical (unpaired) electrons. The Kier molecular flexibility index (Phi) is 4.93. The summed E-state index contributed by atoms with van der Waals surface area (Å²) in [4.78, 5) is 12.1. The van der Waals surface area contributed by atoms with Gasteiger partial charge in [-0.1, -0.05) is 25.0 Å². The summed E-state index contributed by atoms with van der Waals surface area (Å²) >= 11 is 0. The van der Waals surface area contributed by atoms with E-state index in [-0.39, 0.29) is 11.9 Å². The zero-order chi connectivity index (χ0) is 13.7. The first kappa shape index (κ1) is 14.0. The summed E-state index contributed by atoms with van der Waals surface area (Å²) in [5.41, 5.74) is 7.26. The summed E-state index contributed by atoms with van der Waals surface area (Å²) < 4.78 is 0. The molecule has 1 saturated carbocycles. The fraction of sp³-hybridized carbons (Fsp3) is 0.533. The molecule has 2 rings (SSSR count). The molecule has 0 bridgehead atoms. The molecule has 1 aliphatic rings. The van der Waals surface area contributed by atoms with Crippen molar-refractivity contribution < 1.29 is 9.90 Å². The number of nitrogens with two attached hydrogens (primary N) is 1. The second-order valence-corrected chi connectivity index (χ2v) is 5.17. The van der Waals surface area contributed by atoms with E-state index >= 15 is 0 Å². The molecule has 2 atom stereocenters. The van der Waals surface area contributed by atoms with Crippen LogP contribution in [0.5, 0.6) is 0 Å². The molecule has 1 aromatic carbocycles. The minimum Gasteiger partial charge on any atom is -0.391 e. The third kappa shape index (κ3) is 3.78. The first-order chi connectivity index (χ1) is 9.20. The number of carbonyl (C=O) groups excluding carboxylic acids is 1. The van der Waals surface area contributed by atoms with Gasteiger partial charge in [0, 0.05) is 5.56 Å². The van der Waals surface area contributed by atoms with Crippen LogP contribution in [0.1, 0.15) is 41.6 Å². The van der Waals surface area contributed by atoms with Crippen LogP contribution in [0.4, 0.5) is 0 Å². The van der Waals surface area contributed by atoms with Gasteiger partial charge in [0.15, 0.2) is 0 Å². The van der Waals surface area contributed by atoms with Gasteiger partial charge in [0.2, 0.25) is 0 Å². The normalized spacial score (nSPS) is 23.1. The third-order valence-electron chi connectivity index (χ3n) is 3.70. The van der Waals surface area contributed by atoms with Crippen LogP contribution in [-0.2, 0) is 6.42 Å². The van der Waals surface area contributed by atoms with Gasteiger partial charge < -0.3 is 16.2 Å². The Morgan fingerprint density at radius 2 is 1.95 bits per heavy atom. The van der Waals surface area contributed by atoms with Crippen LogP contribution >= 0.6 is 0 Å². The van der Waals surface area contributed by atoms with Crippen molar-refractivity contribution in [3.63, 3.8) is 0 Å². The van der Waals surface area contributed by atoms with E-state index in [4.69, 9.17) is 5.73 Å². The van der Waals surface area contributed by atoms with Gasteiger partial charge in [0.25, 0.3) is 5.91 Å². The van der Waals surface area contributed by atoms with Gasteiger partial charge in [-0.25, -0.2) is 0 Å². The molecule has 1 amide bonds. The Balaban J connectivity index is 1.95. The van der Waals surface area contributed by atoms with E-state index in [1.807, 2.05) is 24.3 Å². The number of nitrogens with one attached hydrogen (secondary N) is 1. The summed E-state index contributed by atoms with van der Waals surface area (Å²) in [6.07, 6.45) is 4.16. The van der Waals surface area contributed by atoms with Crippen molar-refractivity contribution in [2.75, 3.05) is 6.54 Å². The zero-order valence-corrected chi connectivity index (χ0v) is 11.1. The molecule has 1 aliphatic carbocycles. The largest absolute Gasteiger partial charge is 0.391 e. The van der Waals surface area contributed by atoms with E-state index in [0.717, 1.165) is 37.7 Å². The molecule has 1 aromatic rings. The quantitative estimate of drug-likeness (QED) is 0.763. The van der Waals surface area contributed by atoms with E-state index in [9.17, 15) is 9.90 Å². The number of aliphatic hydroxyl groups is 1. The summed E-state index contributed by atoms with van der Waals surface area (Å²) in [6.45, 7) is 0.611. The number of carbonyl (C=O) groups is 1. The Bertz CT molecular complexity index is 417. The molecular weight excluding hydrogens is 240 g/mol. The van der Waals surface area contributed by atoms with Gasteiger partial charge in [-0.3, -0.25) is 4.79 Å². The fourth-order valence-electron chi connectivity index (χ4n) is 2.52. The minimum atomic E-state index is -0.408. The summed E-state index contributed by atoms with van der Waals surface area (Å²) in [7, 11) is 0. The summed E-state index contributed by atoms with van der Waals surface area (Å²) in [5.74, 6) is -0.106. The number of hydrogen-bond acceptors (Lipinski definition) is 3. The highest BCUT2D eigenvalue weighted by molar-refractivity contribution is 5.94. The number of amides is 1. The summed E-state index contributed by atoms with van der Waals surface area (Å²) in [6, 6.07) is 7.38. The molecule has 4 nitrogen and oxygen atoms in total. The van der Waals surface area contributed by atoms with E-state index in [2.05, 4.69) is 5.32 Å². The Labute approximate surface area is 114 Å². The lowest BCUT2D eigenvalue weighted by atomic mass is 9.92. The van der Waals surface area contributed by atoms with Crippen LogP contribution in [0.25, 0.3) is 0 Å². The molecule has 4 N–H and O–H groups in total. The number of benzene rings is 1. The van der Waals surface area contributed by atoms with Crippen LogP contribution in [0.3, 0.4) is 0 Å². The number of hydrogen-bond donors (Lipinski definition) is 3. The average Bonchev–Trinajstić information content (AvgIpc) is 2.42. The zero-order valence-electron chi connectivity index (χ0n) is 11.1. The molecule has 0 heterocycles. The highest BCUT2D eigenvalue weighted by atomic mass is 16.3. The SMILES string of the molecule is NCCc1ccc(C(=O)N[C@@H]2CCCC[C@H]2O)cc1. The maximum absolute atomic E-state index is 12.1. The maximum atomic E-state index is 12.1. The smallest absolute Gasteiger partial charge is 0.251 e. The third-order valence-corrected chi connectivity index (χ3v) is 3.70. The second kappa shape index (κ2) is 6.68. The summed E-state index contributed by atoms with van der Waals surface area (Å²) in [5, 5.41) is 12.8. The Morgan fingerprint density at radius 3 is 2.58 bits per heavy atom. The molecule has 0 aromatic heterocycles. The molecule has 4 heteroatoms. The molecule has 0 unspecified atom stereocenters. The lowest BCUT2D eigenvalue weighted by molar-refractivity contribution is 0.0717. The van der Waals surface area contributed by atoms with Gasteiger partial charge >= 0.3 is 0 Å². The highest BCUT2D eigenvalue weighted by Gasteiger charge is 2.24. The molecule has 1 fully saturated rings. The predicted molar refractivity (Wildman–Crippen MR) is 74.9 cm³/mol. The van der Waals surface area contributed by atoms with Gasteiger partial charge in [-0.15, -0.1) is 0 Å². The lowest BCUT2D eigenvalue weighted by Gasteiger charge is -2.28. The highest BCUT2D eigenvalue weighted by Crippen LogP contribution is 2.18. The van der Waals surface area contributed by atoms with Gasteiger partial charge in [-0.05, 0) is 43.5 Å². The standard InChI is InChI=1S/C15H22N2O2/c16-10-9-11-5-7-12(8-6-11)15(19)17-13-3-1-2-4-14(13)18/h5-8,13-14,18H,1-4,9-10,16H2,(H,17,19)/t13-,14-/m1/s1. The lowest BCUT2D eigenvalue weighted by Crippen LogP contribution is -2.45. The van der Waals surface area contributed by atoms with Crippen LogP contribution in [0.15, 0.2) is 24.3 Å². The van der Waals surface area contributed by atoms with Crippen molar-refractivity contribution in [2.24, 2.45) is 5.73 Å². The maximum Gasteiger partial charge on any atom is 0.251 e. The molecular formula is C15H22N2O2. The molecule has 19 heavy (non-hydrogen) atoms. The average molecular weight is 262 g/mol. The number of rotatable bonds is 4. The predicted octanol–water partition coefficient (Wildman–Crippen LogP) is 1.22. The first-order valence-corrected chi connectivity index (χ1v) is 6.98. The fourth-order valence-corrected chi connectivity index (χ4v) is 2.52. The van der Waals surface area contributed by atoms with Crippen molar-refractivity contribution in [1.82, 2.24) is 5.32 Å². The molecule has 0 spiro atoms. The van der Waals surface area contributed by atoms with E-state index in [1.54, 1.807) is 0 Å². The Morgan fingerprint density at radius 1 is 1.26 bits per heavy atom. The van der Waals surface area contributed by atoms with Crippen LogP contribution in [-0.4, -0.2) is 29.7 Å². The second-order valence-electron chi connectivity index (χ2n) is 5.17. The molecule has 0 aliphatic heterocycles. The van der Waals surface area contributed by atoms with Crippen molar-refractivity contribution in [1.29, 1.82) is 0 Å². The van der Waals surface area contributed by atoms with E-state index in [1.165, 1.54) is 0 Å². The van der Waals surface area contributed by atoms with E-state index < -0.39 is 6.10 Å². The van der Waals surface area contributed by atoms with Crippen molar-refractivity contribution in [3.05, 3.63) is 35.4 Å². The molecule has 104 valence electrons. The molecule has 0 saturated heterocycles. The number of aliphatic hydroxyl groups excluding tert-OH is 1. The first-order valence-electron chi connectivity index (χ1n) is 6.98. The van der Waals surface area contributed by atoms with Crippen LogP contribution in [0, 0.1) is 0 Å². The van der Waals surface area contributed by atoms with E-state index in [0.29, 0.717) is 12.1 Å². The van der Waals surface area contributed by atoms with Gasteiger partial charge in [-0.2, -0.15) is 0 Å². The minimum absolute atomic E-state index is 0.106. The van der Waals surface area contributed by atoms with Crippen molar-refractivity contribution in [2.45, 2.75) is 44.2 Å². The monoisotopic (exact) mass is 262 g/mol. The topological polar surface area (TPSA) is 75.4 Å². The van der Waals surface area contributed by atoms with Gasteiger partial charge in [0.1, 0.15) is 0 Å². The van der Waals surface area contributed by atoms with Crippen LogP contribution < -0.4 is 11.1 Å². The van der Waals surface area contributed by atoms with Crippen molar-refractivity contribution >= 4 is 5.91 Å². The van der Waals surface area contributed by atoms with Crippen molar-refractivity contribution in [3.8, 4) is 0 Å². The van der Waals surface area contributed by atoms with Gasteiger partial charge in [0.05, 0.1) is 12.1 Å². The van der Waals surface area contributed by atoms with Crippen LogP contribution in [0.2, 0.25) is 0 Å². The Hall–Kier alpha value is -1.39.